The van der Waals surface area contributed by atoms with Crippen molar-refractivity contribution in [1.29, 1.82) is 0 Å². The van der Waals surface area contributed by atoms with E-state index in [-0.39, 0.29) is 12.0 Å². The van der Waals surface area contributed by atoms with Gasteiger partial charge in [0.05, 0.1) is 6.04 Å². The normalized spacial score (nSPS) is 13.5. The number of carbonyl (C=O) groups is 1. The highest BCUT2D eigenvalue weighted by atomic mass is 16.1. The minimum Gasteiger partial charge on any atom is -0.320 e. The van der Waals surface area contributed by atoms with Crippen LogP contribution in [-0.2, 0) is 4.79 Å². The van der Waals surface area contributed by atoms with Crippen LogP contribution in [0.1, 0.15) is 40.5 Å². The molecule has 90 valence electrons. The van der Waals surface area contributed by atoms with E-state index >= 15 is 0 Å². The molecule has 1 atom stereocenters. The average Bonchev–Trinajstić information content (AvgIpc) is 2.14. The minimum atomic E-state index is 0.0262. The SMILES string of the molecule is CNCCCC(NC(C)C)C(=O)C(C)C. The Morgan fingerprint density at radius 2 is 1.80 bits per heavy atom. The van der Waals surface area contributed by atoms with Crippen molar-refractivity contribution in [3.8, 4) is 0 Å². The maximum Gasteiger partial charge on any atom is 0.152 e. The van der Waals surface area contributed by atoms with Gasteiger partial charge in [-0.2, -0.15) is 0 Å². The molecule has 0 heterocycles. The summed E-state index contributed by atoms with van der Waals surface area (Å²) in [7, 11) is 1.94. The lowest BCUT2D eigenvalue weighted by atomic mass is 9.97. The third kappa shape index (κ3) is 6.63. The van der Waals surface area contributed by atoms with Crippen LogP contribution in [0, 0.1) is 5.92 Å². The molecule has 0 saturated carbocycles. The zero-order chi connectivity index (χ0) is 11.8. The Kier molecular flexibility index (Phi) is 7.61. The van der Waals surface area contributed by atoms with Gasteiger partial charge in [0, 0.05) is 12.0 Å². The van der Waals surface area contributed by atoms with Crippen LogP contribution in [0.2, 0.25) is 0 Å². The quantitative estimate of drug-likeness (QED) is 0.603. The molecule has 1 unspecified atom stereocenters. The highest BCUT2D eigenvalue weighted by Crippen LogP contribution is 2.06. The van der Waals surface area contributed by atoms with Crippen LogP contribution in [-0.4, -0.2) is 31.5 Å². The first-order valence-corrected chi connectivity index (χ1v) is 5.93. The largest absolute Gasteiger partial charge is 0.320 e. The predicted octanol–water partition coefficient (Wildman–Crippen LogP) is 1.58. The van der Waals surface area contributed by atoms with E-state index < -0.39 is 0 Å². The fourth-order valence-corrected chi connectivity index (χ4v) is 1.60. The molecule has 0 aromatic carbocycles. The van der Waals surface area contributed by atoms with Gasteiger partial charge < -0.3 is 10.6 Å². The third-order valence-corrected chi connectivity index (χ3v) is 2.37. The van der Waals surface area contributed by atoms with Crippen LogP contribution >= 0.6 is 0 Å². The lowest BCUT2D eigenvalue weighted by Crippen LogP contribution is -2.43. The van der Waals surface area contributed by atoms with Crippen molar-refractivity contribution in [3.05, 3.63) is 0 Å². The minimum absolute atomic E-state index is 0.0262. The van der Waals surface area contributed by atoms with Gasteiger partial charge >= 0.3 is 0 Å². The van der Waals surface area contributed by atoms with E-state index in [9.17, 15) is 4.79 Å². The van der Waals surface area contributed by atoms with Crippen molar-refractivity contribution in [1.82, 2.24) is 10.6 Å². The second-order valence-electron chi connectivity index (χ2n) is 4.68. The van der Waals surface area contributed by atoms with Gasteiger partial charge in [-0.05, 0) is 26.4 Å². The summed E-state index contributed by atoms with van der Waals surface area (Å²) in [5, 5.41) is 6.45. The maximum absolute atomic E-state index is 11.9. The molecule has 3 heteroatoms. The van der Waals surface area contributed by atoms with Gasteiger partial charge in [0.1, 0.15) is 0 Å². The number of ketones is 1. The van der Waals surface area contributed by atoms with E-state index in [0.717, 1.165) is 19.4 Å². The summed E-state index contributed by atoms with van der Waals surface area (Å²) < 4.78 is 0. The number of hydrogen-bond donors (Lipinski definition) is 2. The summed E-state index contributed by atoms with van der Waals surface area (Å²) in [4.78, 5) is 11.9. The molecule has 0 fully saturated rings. The Bertz CT molecular complexity index is 178. The van der Waals surface area contributed by atoms with Gasteiger partial charge in [0.2, 0.25) is 0 Å². The fourth-order valence-electron chi connectivity index (χ4n) is 1.60. The van der Waals surface area contributed by atoms with E-state index in [2.05, 4.69) is 24.5 Å². The number of carbonyl (C=O) groups excluding carboxylic acids is 1. The Morgan fingerprint density at radius 3 is 2.20 bits per heavy atom. The first kappa shape index (κ1) is 14.6. The van der Waals surface area contributed by atoms with Crippen molar-refractivity contribution >= 4 is 5.78 Å². The lowest BCUT2D eigenvalue weighted by Gasteiger charge is -2.21. The summed E-state index contributed by atoms with van der Waals surface area (Å²) in [6, 6.07) is 0.394. The highest BCUT2D eigenvalue weighted by molar-refractivity contribution is 5.85. The molecular weight excluding hydrogens is 188 g/mol. The average molecular weight is 214 g/mol. The van der Waals surface area contributed by atoms with Crippen LogP contribution in [0.3, 0.4) is 0 Å². The van der Waals surface area contributed by atoms with Gasteiger partial charge in [-0.3, -0.25) is 4.79 Å². The molecule has 15 heavy (non-hydrogen) atoms. The zero-order valence-electron chi connectivity index (χ0n) is 10.8. The molecule has 0 aromatic rings. The number of Topliss-reactive ketones (excluding diaryl/α,β-unsaturated/α-hetero) is 1. The van der Waals surface area contributed by atoms with Crippen LogP contribution in [0.5, 0.6) is 0 Å². The van der Waals surface area contributed by atoms with Crippen LogP contribution in [0.15, 0.2) is 0 Å². The molecule has 0 rings (SSSR count). The van der Waals surface area contributed by atoms with Crippen molar-refractivity contribution < 1.29 is 4.79 Å². The summed E-state index contributed by atoms with van der Waals surface area (Å²) in [6.45, 7) is 9.07. The molecule has 0 radical (unpaired) electrons. The summed E-state index contributed by atoms with van der Waals surface area (Å²) in [6.07, 6.45) is 1.97. The van der Waals surface area contributed by atoms with Gasteiger partial charge in [0.25, 0.3) is 0 Å². The molecule has 0 aliphatic carbocycles. The van der Waals surface area contributed by atoms with Crippen molar-refractivity contribution in [2.75, 3.05) is 13.6 Å². The molecular formula is C12H26N2O. The Morgan fingerprint density at radius 1 is 1.20 bits per heavy atom. The van der Waals surface area contributed by atoms with Gasteiger partial charge in [0.15, 0.2) is 5.78 Å². The van der Waals surface area contributed by atoms with E-state index in [0.29, 0.717) is 11.8 Å². The fraction of sp³-hybridized carbons (Fsp3) is 0.917. The summed E-state index contributed by atoms with van der Waals surface area (Å²) in [5.74, 6) is 0.454. The van der Waals surface area contributed by atoms with Crippen molar-refractivity contribution in [3.63, 3.8) is 0 Å². The summed E-state index contributed by atoms with van der Waals surface area (Å²) in [5.41, 5.74) is 0. The molecule has 0 amide bonds. The Balaban J connectivity index is 4.11. The van der Waals surface area contributed by atoms with Crippen LogP contribution in [0.4, 0.5) is 0 Å². The number of rotatable bonds is 8. The topological polar surface area (TPSA) is 41.1 Å². The molecule has 2 N–H and O–H groups in total. The smallest absolute Gasteiger partial charge is 0.152 e. The summed E-state index contributed by atoms with van der Waals surface area (Å²) >= 11 is 0. The zero-order valence-corrected chi connectivity index (χ0v) is 10.8. The molecule has 0 aliphatic rings. The molecule has 0 aliphatic heterocycles. The number of hydrogen-bond acceptors (Lipinski definition) is 3. The molecule has 0 aromatic heterocycles. The van der Waals surface area contributed by atoms with Gasteiger partial charge in [-0.15, -0.1) is 0 Å². The Labute approximate surface area is 94.0 Å². The molecule has 0 bridgehead atoms. The van der Waals surface area contributed by atoms with Crippen LogP contribution < -0.4 is 10.6 Å². The van der Waals surface area contributed by atoms with Crippen molar-refractivity contribution in [2.45, 2.75) is 52.6 Å². The maximum atomic E-state index is 11.9. The predicted molar refractivity (Wildman–Crippen MR) is 65.1 cm³/mol. The van der Waals surface area contributed by atoms with Crippen LogP contribution in [0.25, 0.3) is 0 Å². The first-order chi connectivity index (χ1) is 6.99. The monoisotopic (exact) mass is 214 g/mol. The standard InChI is InChI=1S/C12H26N2O/c1-9(2)12(15)11(14-10(3)4)7-6-8-13-5/h9-11,13-14H,6-8H2,1-5H3. The van der Waals surface area contributed by atoms with E-state index in [1.54, 1.807) is 0 Å². The number of nitrogens with one attached hydrogen (secondary N) is 2. The van der Waals surface area contributed by atoms with E-state index in [4.69, 9.17) is 0 Å². The second kappa shape index (κ2) is 7.83. The highest BCUT2D eigenvalue weighted by Gasteiger charge is 2.20. The van der Waals surface area contributed by atoms with Gasteiger partial charge in [-0.1, -0.05) is 27.7 Å². The molecule has 0 saturated heterocycles. The second-order valence-corrected chi connectivity index (χ2v) is 4.68. The van der Waals surface area contributed by atoms with E-state index in [1.165, 1.54) is 0 Å². The lowest BCUT2D eigenvalue weighted by molar-refractivity contribution is -0.124. The third-order valence-electron chi connectivity index (χ3n) is 2.37. The van der Waals surface area contributed by atoms with E-state index in [1.807, 2.05) is 20.9 Å². The van der Waals surface area contributed by atoms with Gasteiger partial charge in [-0.25, -0.2) is 0 Å². The first-order valence-electron chi connectivity index (χ1n) is 5.93. The molecule has 3 nitrogen and oxygen atoms in total. The molecule has 0 spiro atoms. The van der Waals surface area contributed by atoms with Crippen molar-refractivity contribution in [2.24, 2.45) is 5.92 Å². The Hall–Kier alpha value is -0.410.